The van der Waals surface area contributed by atoms with Crippen LogP contribution in [0.25, 0.3) is 0 Å². The van der Waals surface area contributed by atoms with E-state index in [0.717, 1.165) is 24.8 Å². The quantitative estimate of drug-likeness (QED) is 0.564. The third-order valence-electron chi connectivity index (χ3n) is 3.95. The molecule has 1 aromatic carbocycles. The van der Waals surface area contributed by atoms with Gasteiger partial charge in [-0.1, -0.05) is 51.0 Å². The van der Waals surface area contributed by atoms with Crippen LogP contribution in [0.1, 0.15) is 63.0 Å². The van der Waals surface area contributed by atoms with Crippen LogP contribution < -0.4 is 4.72 Å². The van der Waals surface area contributed by atoms with Gasteiger partial charge in [-0.25, -0.2) is 13.1 Å². The van der Waals surface area contributed by atoms with E-state index in [1.54, 1.807) is 0 Å². The molecule has 0 bridgehead atoms. The first kappa shape index (κ1) is 20.6. The van der Waals surface area contributed by atoms with E-state index in [-0.39, 0.29) is 12.2 Å². The Balaban J connectivity index is 2.22. The molecule has 0 heterocycles. The van der Waals surface area contributed by atoms with Gasteiger partial charge in [-0.3, -0.25) is 4.79 Å². The van der Waals surface area contributed by atoms with Crippen LogP contribution in [-0.2, 0) is 21.2 Å². The number of carboxylic acids is 1. The highest BCUT2D eigenvalue weighted by Crippen LogP contribution is 2.15. The predicted octanol–water partition coefficient (Wildman–Crippen LogP) is 3.31. The number of rotatable bonds is 12. The molecule has 0 aliphatic carbocycles. The zero-order chi connectivity index (χ0) is 18.0. The lowest BCUT2D eigenvalue weighted by Crippen LogP contribution is -2.28. The number of nitrogens with one attached hydrogen (secondary N) is 1. The smallest absolute Gasteiger partial charge is 0.303 e. The van der Waals surface area contributed by atoms with E-state index >= 15 is 0 Å². The highest BCUT2D eigenvalue weighted by molar-refractivity contribution is 7.89. The van der Waals surface area contributed by atoms with Crippen LogP contribution in [0.2, 0.25) is 0 Å². The van der Waals surface area contributed by atoms with Crippen LogP contribution >= 0.6 is 0 Å². The first-order valence-corrected chi connectivity index (χ1v) is 10.2. The molecule has 0 fully saturated rings. The average Bonchev–Trinajstić information content (AvgIpc) is 2.52. The Morgan fingerprint density at radius 2 is 1.71 bits per heavy atom. The van der Waals surface area contributed by atoms with Crippen molar-refractivity contribution in [3.05, 3.63) is 35.4 Å². The summed E-state index contributed by atoms with van der Waals surface area (Å²) in [6, 6.07) is 8.09. The number of hydrogen-bond donors (Lipinski definition) is 2. The number of aryl methyl sites for hydroxylation is 1. The van der Waals surface area contributed by atoms with E-state index in [4.69, 9.17) is 5.11 Å². The Labute approximate surface area is 145 Å². The minimum Gasteiger partial charge on any atom is -0.481 e. The van der Waals surface area contributed by atoms with Gasteiger partial charge in [-0.15, -0.1) is 0 Å². The molecule has 0 saturated heterocycles. The van der Waals surface area contributed by atoms with Gasteiger partial charge in [-0.2, -0.15) is 0 Å². The summed E-state index contributed by atoms with van der Waals surface area (Å²) in [4.78, 5) is 10.4. The first-order chi connectivity index (χ1) is 11.3. The molecule has 24 heavy (non-hydrogen) atoms. The molecule has 0 spiro atoms. The Morgan fingerprint density at radius 3 is 2.29 bits per heavy atom. The summed E-state index contributed by atoms with van der Waals surface area (Å²) < 4.78 is 26.6. The van der Waals surface area contributed by atoms with Gasteiger partial charge in [0.15, 0.2) is 0 Å². The van der Waals surface area contributed by atoms with Crippen molar-refractivity contribution in [2.45, 2.75) is 58.3 Å². The minimum absolute atomic E-state index is 0.0903. The molecule has 0 aliphatic rings. The monoisotopic (exact) mass is 355 g/mol. The molecular formula is C18H29NO4S. The van der Waals surface area contributed by atoms with E-state index in [2.05, 4.69) is 30.7 Å². The van der Waals surface area contributed by atoms with Gasteiger partial charge in [0.25, 0.3) is 0 Å². The topological polar surface area (TPSA) is 83.5 Å². The summed E-state index contributed by atoms with van der Waals surface area (Å²) in [6.45, 7) is 4.68. The van der Waals surface area contributed by atoms with E-state index in [1.807, 2.05) is 12.1 Å². The summed E-state index contributed by atoms with van der Waals surface area (Å²) in [5, 5.41) is 8.53. The van der Waals surface area contributed by atoms with Crippen LogP contribution in [0.4, 0.5) is 0 Å². The maximum Gasteiger partial charge on any atom is 0.303 e. The van der Waals surface area contributed by atoms with Crippen LogP contribution in [0.5, 0.6) is 0 Å². The average molecular weight is 356 g/mol. The van der Waals surface area contributed by atoms with Crippen LogP contribution in [0.3, 0.4) is 0 Å². The van der Waals surface area contributed by atoms with E-state index in [9.17, 15) is 13.2 Å². The van der Waals surface area contributed by atoms with Gasteiger partial charge in [0.05, 0.1) is 5.75 Å². The highest BCUT2D eigenvalue weighted by atomic mass is 32.2. The van der Waals surface area contributed by atoms with Crippen molar-refractivity contribution in [1.29, 1.82) is 0 Å². The Morgan fingerprint density at radius 1 is 1.08 bits per heavy atom. The van der Waals surface area contributed by atoms with Crippen molar-refractivity contribution in [2.75, 3.05) is 12.3 Å². The van der Waals surface area contributed by atoms with Crippen LogP contribution in [-0.4, -0.2) is 31.8 Å². The lowest BCUT2D eigenvalue weighted by molar-refractivity contribution is -0.137. The van der Waals surface area contributed by atoms with Crippen molar-refractivity contribution in [2.24, 2.45) is 0 Å². The van der Waals surface area contributed by atoms with Crippen molar-refractivity contribution in [1.82, 2.24) is 4.72 Å². The fourth-order valence-corrected chi connectivity index (χ4v) is 3.48. The van der Waals surface area contributed by atoms with Gasteiger partial charge < -0.3 is 5.11 Å². The fourth-order valence-electron chi connectivity index (χ4n) is 2.38. The lowest BCUT2D eigenvalue weighted by atomic mass is 10.0. The SMILES string of the molecule is CC(C)c1ccc(CCS(=O)(=O)NCCCCCCC(=O)O)cc1. The lowest BCUT2D eigenvalue weighted by Gasteiger charge is -2.08. The second-order valence-corrected chi connectivity index (χ2v) is 8.34. The van der Waals surface area contributed by atoms with Gasteiger partial charge >= 0.3 is 5.97 Å². The van der Waals surface area contributed by atoms with Crippen molar-refractivity contribution >= 4 is 16.0 Å². The summed E-state index contributed by atoms with van der Waals surface area (Å²) >= 11 is 0. The Kier molecular flexibility index (Phi) is 9.00. The van der Waals surface area contributed by atoms with Crippen molar-refractivity contribution in [3.8, 4) is 0 Å². The molecule has 2 N–H and O–H groups in total. The van der Waals surface area contributed by atoms with E-state index in [1.165, 1.54) is 5.56 Å². The highest BCUT2D eigenvalue weighted by Gasteiger charge is 2.10. The number of aliphatic carboxylic acids is 1. The molecule has 0 aromatic heterocycles. The molecule has 1 aromatic rings. The number of carboxylic acid groups (broad SMARTS) is 1. The molecule has 0 amide bonds. The molecule has 0 radical (unpaired) electrons. The number of benzene rings is 1. The molecule has 5 nitrogen and oxygen atoms in total. The maximum absolute atomic E-state index is 12.0. The first-order valence-electron chi connectivity index (χ1n) is 8.58. The fraction of sp³-hybridized carbons (Fsp3) is 0.611. The third kappa shape index (κ3) is 9.03. The molecule has 0 saturated carbocycles. The zero-order valence-electron chi connectivity index (χ0n) is 14.6. The van der Waals surface area contributed by atoms with Gasteiger partial charge in [0.1, 0.15) is 0 Å². The summed E-state index contributed by atoms with van der Waals surface area (Å²) in [7, 11) is -3.26. The largest absolute Gasteiger partial charge is 0.481 e. The third-order valence-corrected chi connectivity index (χ3v) is 5.33. The summed E-state index contributed by atoms with van der Waals surface area (Å²) in [6.07, 6.45) is 3.73. The molecule has 0 aliphatic heterocycles. The second-order valence-electron chi connectivity index (χ2n) is 6.42. The van der Waals surface area contributed by atoms with Crippen molar-refractivity contribution in [3.63, 3.8) is 0 Å². The van der Waals surface area contributed by atoms with E-state index < -0.39 is 16.0 Å². The summed E-state index contributed by atoms with van der Waals surface area (Å²) in [5.41, 5.74) is 2.28. The molecule has 0 unspecified atom stereocenters. The molecule has 136 valence electrons. The van der Waals surface area contributed by atoms with Crippen molar-refractivity contribution < 1.29 is 18.3 Å². The standard InChI is InChI=1S/C18H29NO4S/c1-15(2)17-10-8-16(9-11-17)12-14-24(22,23)19-13-6-4-3-5-7-18(20)21/h8-11,15,19H,3-7,12-14H2,1-2H3,(H,20,21). The minimum atomic E-state index is -3.26. The Bertz CT molecular complexity index is 594. The molecule has 0 atom stereocenters. The normalized spacial score (nSPS) is 11.8. The van der Waals surface area contributed by atoms with Gasteiger partial charge in [-0.05, 0) is 36.3 Å². The number of carbonyl (C=O) groups is 1. The van der Waals surface area contributed by atoms with Gasteiger partial charge in [0.2, 0.25) is 10.0 Å². The van der Waals surface area contributed by atoms with Crippen LogP contribution in [0, 0.1) is 0 Å². The number of sulfonamides is 1. The second kappa shape index (κ2) is 10.5. The van der Waals surface area contributed by atoms with Gasteiger partial charge in [0, 0.05) is 13.0 Å². The zero-order valence-corrected chi connectivity index (χ0v) is 15.4. The molecule has 6 heteroatoms. The maximum atomic E-state index is 12.0. The Hall–Kier alpha value is -1.40. The molecular weight excluding hydrogens is 326 g/mol. The number of unbranched alkanes of at least 4 members (excludes halogenated alkanes) is 3. The number of hydrogen-bond acceptors (Lipinski definition) is 3. The van der Waals surface area contributed by atoms with E-state index in [0.29, 0.717) is 25.3 Å². The predicted molar refractivity (Wildman–Crippen MR) is 96.7 cm³/mol. The molecule has 1 rings (SSSR count). The van der Waals surface area contributed by atoms with Crippen LogP contribution in [0.15, 0.2) is 24.3 Å². The summed E-state index contributed by atoms with van der Waals surface area (Å²) in [5.74, 6) is -0.218.